The van der Waals surface area contributed by atoms with Gasteiger partial charge in [-0.05, 0) is 132 Å². The van der Waals surface area contributed by atoms with E-state index >= 15 is 0 Å². The Kier molecular flexibility index (Phi) is 6.73. The normalized spacial score (nSPS) is 11.9. The highest BCUT2D eigenvalue weighted by Crippen LogP contribution is 2.46. The van der Waals surface area contributed by atoms with Gasteiger partial charge in [-0.3, -0.25) is 0 Å². The fourth-order valence-corrected chi connectivity index (χ4v) is 9.73. The minimum Gasteiger partial charge on any atom is -0.0616 e. The van der Waals surface area contributed by atoms with Gasteiger partial charge in [-0.1, -0.05) is 194 Å². The van der Waals surface area contributed by atoms with Crippen LogP contribution in [0.4, 0.5) is 0 Å². The van der Waals surface area contributed by atoms with Gasteiger partial charge in [0.15, 0.2) is 0 Å². The molecule has 258 valence electrons. The molecule has 0 unspecified atom stereocenters. The van der Waals surface area contributed by atoms with Gasteiger partial charge in [0.25, 0.3) is 0 Å². The van der Waals surface area contributed by atoms with Crippen molar-refractivity contribution in [2.45, 2.75) is 0 Å². The highest BCUT2D eigenvalue weighted by molar-refractivity contribution is 6.39. The van der Waals surface area contributed by atoms with Crippen LogP contribution in [0.5, 0.6) is 0 Å². The molecule has 0 bridgehead atoms. The Morgan fingerprint density at radius 1 is 0.179 bits per heavy atom. The van der Waals surface area contributed by atoms with Crippen molar-refractivity contribution >= 4 is 86.2 Å². The van der Waals surface area contributed by atoms with Gasteiger partial charge in [0, 0.05) is 0 Å². The van der Waals surface area contributed by atoms with Crippen LogP contribution in [0, 0.1) is 0 Å². The van der Waals surface area contributed by atoms with Crippen LogP contribution in [-0.2, 0) is 0 Å². The second kappa shape index (κ2) is 12.1. The highest BCUT2D eigenvalue weighted by atomic mass is 14.2. The Hall–Kier alpha value is -7.28. The first kappa shape index (κ1) is 31.1. The van der Waals surface area contributed by atoms with Crippen LogP contribution >= 0.6 is 0 Å². The zero-order valence-electron chi connectivity index (χ0n) is 30.6. The first-order valence-corrected chi connectivity index (χ1v) is 19.5. The number of hydrogen-bond donors (Lipinski definition) is 0. The Labute approximate surface area is 324 Å². The maximum absolute atomic E-state index is 2.43. The summed E-state index contributed by atoms with van der Waals surface area (Å²) in [5, 5.41) is 20.7. The standard InChI is InChI=1S/C56H34/c1-2-14-38-33-40(30-27-35(38)13-1)54-50-23-11-9-21-48(50)53(49-22-10-12-24-51(49)54)37-28-25-36(26-29-37)39-31-32-44-43-17-5-7-19-46(43)55-45-18-6-3-15-41(45)42-16-4-8-20-47(42)56(55)52(44)34-39/h1-34H. The second-order valence-electron chi connectivity index (χ2n) is 15.1. The van der Waals surface area contributed by atoms with E-state index in [9.17, 15) is 0 Å². The molecule has 0 nitrogen and oxygen atoms in total. The fraction of sp³-hybridized carbons (Fsp3) is 0. The molecule has 0 aliphatic heterocycles. The van der Waals surface area contributed by atoms with Gasteiger partial charge < -0.3 is 0 Å². The van der Waals surface area contributed by atoms with Gasteiger partial charge in [0.1, 0.15) is 0 Å². The molecule has 12 rings (SSSR count). The van der Waals surface area contributed by atoms with Gasteiger partial charge in [0.2, 0.25) is 0 Å². The zero-order chi connectivity index (χ0) is 36.7. The van der Waals surface area contributed by atoms with Crippen molar-refractivity contribution in [3.05, 3.63) is 206 Å². The predicted molar refractivity (Wildman–Crippen MR) is 243 cm³/mol. The van der Waals surface area contributed by atoms with Gasteiger partial charge in [-0.15, -0.1) is 0 Å². The average molecular weight is 707 g/mol. The molecule has 0 heteroatoms. The summed E-state index contributed by atoms with van der Waals surface area (Å²) in [6.45, 7) is 0. The SMILES string of the molecule is c1ccc2cc(-c3c4ccccc4c(-c4ccc(-c5ccc6c7ccccc7c7c8ccccc8c8ccccc8c7c6c5)cc4)c4ccccc34)ccc2c1. The van der Waals surface area contributed by atoms with Crippen LogP contribution in [0.15, 0.2) is 206 Å². The van der Waals surface area contributed by atoms with Crippen molar-refractivity contribution in [2.24, 2.45) is 0 Å². The Morgan fingerprint density at radius 2 is 0.536 bits per heavy atom. The zero-order valence-corrected chi connectivity index (χ0v) is 30.6. The molecule has 12 aromatic rings. The molecule has 0 amide bonds. The van der Waals surface area contributed by atoms with Gasteiger partial charge >= 0.3 is 0 Å². The van der Waals surface area contributed by atoms with Crippen LogP contribution in [0.3, 0.4) is 0 Å². The van der Waals surface area contributed by atoms with E-state index in [0.717, 1.165) is 0 Å². The van der Waals surface area contributed by atoms with Crippen LogP contribution in [0.1, 0.15) is 0 Å². The lowest BCUT2D eigenvalue weighted by atomic mass is 9.85. The van der Waals surface area contributed by atoms with Crippen molar-refractivity contribution in [3.63, 3.8) is 0 Å². The quantitative estimate of drug-likeness (QED) is 0.127. The van der Waals surface area contributed by atoms with Crippen molar-refractivity contribution in [1.82, 2.24) is 0 Å². The van der Waals surface area contributed by atoms with E-state index in [-0.39, 0.29) is 0 Å². The number of hydrogen-bond acceptors (Lipinski definition) is 0. The third-order valence-electron chi connectivity index (χ3n) is 12.2. The van der Waals surface area contributed by atoms with Crippen molar-refractivity contribution in [2.75, 3.05) is 0 Å². The molecule has 0 aliphatic carbocycles. The van der Waals surface area contributed by atoms with Crippen LogP contribution in [0.2, 0.25) is 0 Å². The lowest BCUT2D eigenvalue weighted by Crippen LogP contribution is -1.91. The summed E-state index contributed by atoms with van der Waals surface area (Å²) in [7, 11) is 0. The Balaban J connectivity index is 1.07. The summed E-state index contributed by atoms with van der Waals surface area (Å²) in [5.74, 6) is 0. The van der Waals surface area contributed by atoms with Crippen molar-refractivity contribution in [3.8, 4) is 33.4 Å². The number of fused-ring (bicyclic) bond motifs is 14. The molecule has 0 aliphatic rings. The van der Waals surface area contributed by atoms with Crippen LogP contribution in [-0.4, -0.2) is 0 Å². The van der Waals surface area contributed by atoms with E-state index < -0.39 is 0 Å². The topological polar surface area (TPSA) is 0 Å². The fourth-order valence-electron chi connectivity index (χ4n) is 9.73. The predicted octanol–water partition coefficient (Wildman–Crippen LogP) is 15.9. The van der Waals surface area contributed by atoms with Gasteiger partial charge in [-0.2, -0.15) is 0 Å². The third kappa shape index (κ3) is 4.54. The molecule has 0 spiro atoms. The molecule has 0 N–H and O–H groups in total. The van der Waals surface area contributed by atoms with Crippen LogP contribution in [0.25, 0.3) is 120 Å². The first-order chi connectivity index (χ1) is 27.8. The maximum atomic E-state index is 2.43. The van der Waals surface area contributed by atoms with Crippen molar-refractivity contribution in [1.29, 1.82) is 0 Å². The Morgan fingerprint density at radius 3 is 1.07 bits per heavy atom. The summed E-state index contributed by atoms with van der Waals surface area (Å²) in [4.78, 5) is 0. The van der Waals surface area contributed by atoms with E-state index in [1.165, 1.54) is 120 Å². The Bertz CT molecular complexity index is 3500. The maximum Gasteiger partial charge on any atom is -0.00137 e. The minimum atomic E-state index is 1.21. The summed E-state index contributed by atoms with van der Waals surface area (Å²) >= 11 is 0. The molecule has 0 radical (unpaired) electrons. The van der Waals surface area contributed by atoms with E-state index in [4.69, 9.17) is 0 Å². The van der Waals surface area contributed by atoms with E-state index in [1.807, 2.05) is 0 Å². The largest absolute Gasteiger partial charge is 0.0616 e. The molecule has 0 aromatic heterocycles. The lowest BCUT2D eigenvalue weighted by Gasteiger charge is -2.18. The molecule has 56 heavy (non-hydrogen) atoms. The van der Waals surface area contributed by atoms with Gasteiger partial charge in [-0.25, -0.2) is 0 Å². The van der Waals surface area contributed by atoms with E-state index in [2.05, 4.69) is 206 Å². The average Bonchev–Trinajstić information content (AvgIpc) is 3.27. The lowest BCUT2D eigenvalue weighted by molar-refractivity contribution is 1.63. The molecular formula is C56H34. The molecular weight excluding hydrogens is 673 g/mol. The molecule has 0 heterocycles. The molecule has 12 aromatic carbocycles. The first-order valence-electron chi connectivity index (χ1n) is 19.5. The smallest absolute Gasteiger partial charge is 0.00137 e. The number of rotatable bonds is 3. The second-order valence-corrected chi connectivity index (χ2v) is 15.1. The molecule has 0 fully saturated rings. The summed E-state index contributed by atoms with van der Waals surface area (Å²) in [6, 6.07) is 76.5. The summed E-state index contributed by atoms with van der Waals surface area (Å²) in [6.07, 6.45) is 0. The van der Waals surface area contributed by atoms with E-state index in [1.54, 1.807) is 0 Å². The van der Waals surface area contributed by atoms with Crippen molar-refractivity contribution < 1.29 is 0 Å². The number of benzene rings is 12. The highest BCUT2D eigenvalue weighted by Gasteiger charge is 2.19. The van der Waals surface area contributed by atoms with Gasteiger partial charge in [0.05, 0.1) is 0 Å². The summed E-state index contributed by atoms with van der Waals surface area (Å²) in [5.41, 5.74) is 7.47. The minimum absolute atomic E-state index is 1.21. The monoisotopic (exact) mass is 706 g/mol. The van der Waals surface area contributed by atoms with E-state index in [0.29, 0.717) is 0 Å². The molecule has 0 saturated carbocycles. The molecule has 0 saturated heterocycles. The molecule has 0 atom stereocenters. The third-order valence-corrected chi connectivity index (χ3v) is 12.2. The van der Waals surface area contributed by atoms with Crippen LogP contribution < -0.4 is 0 Å². The summed E-state index contributed by atoms with van der Waals surface area (Å²) < 4.78 is 0.